The van der Waals surface area contributed by atoms with E-state index in [1.165, 1.54) is 0 Å². The maximum absolute atomic E-state index is 12.3. The van der Waals surface area contributed by atoms with E-state index in [9.17, 15) is 8.42 Å². The lowest BCUT2D eigenvalue weighted by atomic mass is 10.1. The third-order valence-corrected chi connectivity index (χ3v) is 6.39. The Kier molecular flexibility index (Phi) is 5.20. The van der Waals surface area contributed by atoms with Crippen LogP contribution in [0.1, 0.15) is 34.1 Å². The van der Waals surface area contributed by atoms with Gasteiger partial charge in [0.1, 0.15) is 9.90 Å². The molecule has 1 aromatic rings. The zero-order valence-electron chi connectivity index (χ0n) is 12.2. The average Bonchev–Trinajstić information content (AvgIpc) is 2.69. The SMILES string of the molecule is CCCS(=O)(=O)c1c(N)nsc1N(C)C(C)C(C)C. The van der Waals surface area contributed by atoms with Crippen molar-refractivity contribution in [3.8, 4) is 0 Å². The summed E-state index contributed by atoms with van der Waals surface area (Å²) in [6.45, 7) is 8.11. The normalized spacial score (nSPS) is 13.8. The van der Waals surface area contributed by atoms with E-state index in [-0.39, 0.29) is 22.5 Å². The van der Waals surface area contributed by atoms with E-state index < -0.39 is 9.84 Å². The molecule has 0 aliphatic carbocycles. The van der Waals surface area contributed by atoms with E-state index in [0.29, 0.717) is 17.3 Å². The van der Waals surface area contributed by atoms with Crippen molar-refractivity contribution < 1.29 is 8.42 Å². The van der Waals surface area contributed by atoms with Crippen molar-refractivity contribution in [1.29, 1.82) is 0 Å². The lowest BCUT2D eigenvalue weighted by Crippen LogP contribution is -2.33. The average molecular weight is 305 g/mol. The number of rotatable bonds is 6. The molecule has 0 amide bonds. The molecule has 2 N–H and O–H groups in total. The van der Waals surface area contributed by atoms with Crippen LogP contribution in [0.4, 0.5) is 10.8 Å². The Labute approximate surface area is 119 Å². The van der Waals surface area contributed by atoms with E-state index in [1.807, 2.05) is 18.9 Å². The molecule has 0 bridgehead atoms. The van der Waals surface area contributed by atoms with Gasteiger partial charge in [-0.3, -0.25) is 0 Å². The highest BCUT2D eigenvalue weighted by molar-refractivity contribution is 7.91. The lowest BCUT2D eigenvalue weighted by Gasteiger charge is -2.29. The fourth-order valence-corrected chi connectivity index (χ4v) is 4.63. The second kappa shape index (κ2) is 6.09. The van der Waals surface area contributed by atoms with Gasteiger partial charge >= 0.3 is 0 Å². The summed E-state index contributed by atoms with van der Waals surface area (Å²) in [7, 11) is -1.46. The van der Waals surface area contributed by atoms with Gasteiger partial charge < -0.3 is 10.6 Å². The number of anilines is 2. The highest BCUT2D eigenvalue weighted by atomic mass is 32.2. The number of nitrogen functional groups attached to an aromatic ring is 1. The summed E-state index contributed by atoms with van der Waals surface area (Å²) < 4.78 is 28.6. The highest BCUT2D eigenvalue weighted by Crippen LogP contribution is 2.36. The van der Waals surface area contributed by atoms with Gasteiger partial charge in [-0.2, -0.15) is 4.37 Å². The molecule has 1 unspecified atom stereocenters. The maximum Gasteiger partial charge on any atom is 0.185 e. The summed E-state index contributed by atoms with van der Waals surface area (Å²) in [5.74, 6) is 0.637. The lowest BCUT2D eigenvalue weighted by molar-refractivity contribution is 0.505. The van der Waals surface area contributed by atoms with Gasteiger partial charge in [0, 0.05) is 13.1 Å². The van der Waals surface area contributed by atoms with Crippen LogP contribution in [0.3, 0.4) is 0 Å². The van der Waals surface area contributed by atoms with Gasteiger partial charge in [-0.1, -0.05) is 20.8 Å². The Balaban J connectivity index is 3.25. The first-order valence-corrected chi connectivity index (χ1v) is 8.85. The molecule has 0 radical (unpaired) electrons. The van der Waals surface area contributed by atoms with Gasteiger partial charge in [0.25, 0.3) is 0 Å². The van der Waals surface area contributed by atoms with Gasteiger partial charge in [0.2, 0.25) is 0 Å². The first-order chi connectivity index (χ1) is 8.72. The van der Waals surface area contributed by atoms with Crippen LogP contribution in [0.15, 0.2) is 4.90 Å². The van der Waals surface area contributed by atoms with E-state index >= 15 is 0 Å². The van der Waals surface area contributed by atoms with E-state index in [1.54, 1.807) is 0 Å². The smallest absolute Gasteiger partial charge is 0.185 e. The fraction of sp³-hybridized carbons (Fsp3) is 0.750. The molecular formula is C12H23N3O2S2. The molecule has 1 aromatic heterocycles. The standard InChI is InChI=1S/C12H23N3O2S2/c1-6-7-19(16,17)10-11(13)14-18-12(10)15(5)9(4)8(2)3/h8-9H,6-7H2,1-5H3,(H2,13,14). The van der Waals surface area contributed by atoms with Gasteiger partial charge in [-0.05, 0) is 30.8 Å². The van der Waals surface area contributed by atoms with E-state index in [2.05, 4.69) is 25.1 Å². The van der Waals surface area contributed by atoms with Crippen molar-refractivity contribution in [3.63, 3.8) is 0 Å². The van der Waals surface area contributed by atoms with Crippen molar-refractivity contribution in [2.75, 3.05) is 23.4 Å². The third-order valence-electron chi connectivity index (χ3n) is 3.34. The zero-order chi connectivity index (χ0) is 14.8. The van der Waals surface area contributed by atoms with Gasteiger partial charge in [0.05, 0.1) is 5.75 Å². The molecular weight excluding hydrogens is 282 g/mol. The summed E-state index contributed by atoms with van der Waals surface area (Å²) in [6, 6.07) is 0.218. The minimum Gasteiger partial charge on any atom is -0.382 e. The Morgan fingerprint density at radius 2 is 1.95 bits per heavy atom. The van der Waals surface area contributed by atoms with Crippen LogP contribution in [0.25, 0.3) is 0 Å². The Bertz CT molecular complexity index is 523. The summed E-state index contributed by atoms with van der Waals surface area (Å²) in [6.07, 6.45) is 0.570. The monoisotopic (exact) mass is 305 g/mol. The molecule has 0 aliphatic heterocycles. The van der Waals surface area contributed by atoms with Gasteiger partial charge in [-0.25, -0.2) is 8.42 Å². The van der Waals surface area contributed by atoms with Crippen LogP contribution in [-0.2, 0) is 9.84 Å². The van der Waals surface area contributed by atoms with Crippen LogP contribution in [0.5, 0.6) is 0 Å². The van der Waals surface area contributed by atoms with Crippen LogP contribution >= 0.6 is 11.5 Å². The molecule has 0 saturated carbocycles. The van der Waals surface area contributed by atoms with Gasteiger partial charge in [-0.15, -0.1) is 0 Å². The van der Waals surface area contributed by atoms with Gasteiger partial charge in [0.15, 0.2) is 15.7 Å². The first kappa shape index (κ1) is 16.2. The Hall–Kier alpha value is -0.820. The van der Waals surface area contributed by atoms with Crippen molar-refractivity contribution in [1.82, 2.24) is 4.37 Å². The quantitative estimate of drug-likeness (QED) is 0.873. The molecule has 1 atom stereocenters. The van der Waals surface area contributed by atoms with Crippen molar-refractivity contribution in [2.24, 2.45) is 5.92 Å². The molecule has 0 fully saturated rings. The molecule has 7 heteroatoms. The summed E-state index contributed by atoms with van der Waals surface area (Å²) >= 11 is 1.15. The van der Waals surface area contributed by atoms with Crippen LogP contribution in [0, 0.1) is 5.92 Å². The van der Waals surface area contributed by atoms with Crippen LogP contribution < -0.4 is 10.6 Å². The second-order valence-corrected chi connectivity index (χ2v) is 7.91. The van der Waals surface area contributed by atoms with Crippen molar-refractivity contribution in [3.05, 3.63) is 0 Å². The molecule has 110 valence electrons. The van der Waals surface area contributed by atoms with Crippen LogP contribution in [-0.4, -0.2) is 31.6 Å². The number of hydrogen-bond acceptors (Lipinski definition) is 6. The molecule has 0 aromatic carbocycles. The van der Waals surface area contributed by atoms with Crippen LogP contribution in [0.2, 0.25) is 0 Å². The summed E-state index contributed by atoms with van der Waals surface area (Å²) in [5.41, 5.74) is 5.77. The number of nitrogens with zero attached hydrogens (tertiary/aromatic N) is 2. The molecule has 1 heterocycles. The molecule has 0 spiro atoms. The maximum atomic E-state index is 12.3. The second-order valence-electron chi connectivity index (χ2n) is 5.12. The molecule has 0 aliphatic rings. The predicted octanol–water partition coefficient (Wildman–Crippen LogP) is 2.39. The first-order valence-electron chi connectivity index (χ1n) is 6.43. The molecule has 0 saturated heterocycles. The van der Waals surface area contributed by atoms with Crippen molar-refractivity contribution >= 4 is 32.2 Å². The fourth-order valence-electron chi connectivity index (χ4n) is 1.80. The minimum absolute atomic E-state index is 0.104. The van der Waals surface area contributed by atoms with E-state index in [0.717, 1.165) is 11.5 Å². The summed E-state index contributed by atoms with van der Waals surface area (Å²) in [5, 5.41) is 0.646. The largest absolute Gasteiger partial charge is 0.382 e. The number of nitrogens with two attached hydrogens (primary N) is 1. The molecule has 1 rings (SSSR count). The number of aromatic nitrogens is 1. The zero-order valence-corrected chi connectivity index (χ0v) is 13.8. The molecule has 5 nitrogen and oxygen atoms in total. The topological polar surface area (TPSA) is 76.3 Å². The minimum atomic E-state index is -3.35. The van der Waals surface area contributed by atoms with Crippen molar-refractivity contribution in [2.45, 2.75) is 45.1 Å². The molecule has 19 heavy (non-hydrogen) atoms. The Morgan fingerprint density at radius 3 is 2.42 bits per heavy atom. The summed E-state index contributed by atoms with van der Waals surface area (Å²) in [4.78, 5) is 2.16. The number of hydrogen-bond donors (Lipinski definition) is 1. The number of sulfone groups is 1. The third kappa shape index (κ3) is 3.39. The predicted molar refractivity (Wildman–Crippen MR) is 81.6 cm³/mol. The van der Waals surface area contributed by atoms with E-state index in [4.69, 9.17) is 5.73 Å². The highest BCUT2D eigenvalue weighted by Gasteiger charge is 2.28. The Morgan fingerprint density at radius 1 is 1.37 bits per heavy atom.